The maximum absolute atomic E-state index is 5.67. The third-order valence-electron chi connectivity index (χ3n) is 7.57. The van der Waals surface area contributed by atoms with E-state index in [0.29, 0.717) is 18.3 Å². The molecule has 0 N–H and O–H groups in total. The number of hydrogen-bond donors (Lipinski definition) is 0. The van der Waals surface area contributed by atoms with Gasteiger partial charge < -0.3 is 14.4 Å². The van der Waals surface area contributed by atoms with Gasteiger partial charge in [0.1, 0.15) is 0 Å². The number of ether oxygens (including phenoxy) is 2. The minimum absolute atomic E-state index is 0.406. The number of likely N-dealkylation sites (tertiary alicyclic amines) is 1. The third-order valence-corrected chi connectivity index (χ3v) is 7.57. The van der Waals surface area contributed by atoms with E-state index in [2.05, 4.69) is 88.0 Å². The first-order valence-corrected chi connectivity index (χ1v) is 14.3. The first-order chi connectivity index (χ1) is 15.3. The van der Waals surface area contributed by atoms with Crippen LogP contribution in [0, 0.1) is 47.3 Å². The molecule has 33 heavy (non-hydrogen) atoms. The van der Waals surface area contributed by atoms with Crippen molar-refractivity contribution in [3.05, 3.63) is 0 Å². The van der Waals surface area contributed by atoms with Crippen LogP contribution in [0.5, 0.6) is 0 Å². The summed E-state index contributed by atoms with van der Waals surface area (Å²) in [7, 11) is 0. The van der Waals surface area contributed by atoms with E-state index in [1.165, 1.54) is 38.9 Å². The van der Waals surface area contributed by atoms with Crippen molar-refractivity contribution in [3.8, 4) is 0 Å². The average Bonchev–Trinajstić information content (AvgIpc) is 3.39. The van der Waals surface area contributed by atoms with Crippen LogP contribution in [0.1, 0.15) is 102 Å². The maximum Gasteiger partial charge on any atom is 0.0584 e. The zero-order chi connectivity index (χ0) is 25.3. The molecule has 0 aromatic rings. The molecule has 2 saturated carbocycles. The number of rotatable bonds is 10. The molecular formula is C30H61NO2. The molecule has 2 atom stereocenters. The van der Waals surface area contributed by atoms with Gasteiger partial charge in [-0.2, -0.15) is 0 Å². The lowest BCUT2D eigenvalue weighted by Gasteiger charge is -2.42. The van der Waals surface area contributed by atoms with Crippen LogP contribution >= 0.6 is 0 Å². The molecular weight excluding hydrogens is 406 g/mol. The molecule has 3 heteroatoms. The van der Waals surface area contributed by atoms with Crippen LogP contribution in [0.3, 0.4) is 0 Å². The molecule has 3 nitrogen and oxygen atoms in total. The molecule has 3 rings (SSSR count). The zero-order valence-corrected chi connectivity index (χ0v) is 24.6. The van der Waals surface area contributed by atoms with Crippen molar-refractivity contribution in [1.29, 1.82) is 0 Å². The Morgan fingerprint density at radius 1 is 0.667 bits per heavy atom. The van der Waals surface area contributed by atoms with Gasteiger partial charge in [-0.1, -0.05) is 55.4 Å². The van der Waals surface area contributed by atoms with Gasteiger partial charge in [-0.15, -0.1) is 0 Å². The largest absolute Gasteiger partial charge is 0.378 e. The highest BCUT2D eigenvalue weighted by molar-refractivity contribution is 4.88. The lowest BCUT2D eigenvalue weighted by molar-refractivity contribution is -0.0718. The first kappa shape index (κ1) is 30.9. The summed E-state index contributed by atoms with van der Waals surface area (Å²) < 4.78 is 11.2. The van der Waals surface area contributed by atoms with Crippen LogP contribution in [0.15, 0.2) is 0 Å². The minimum atomic E-state index is 0.406. The van der Waals surface area contributed by atoms with E-state index >= 15 is 0 Å². The Balaban J connectivity index is 0.000000247. The predicted octanol–water partition coefficient (Wildman–Crippen LogP) is 7.78. The molecule has 0 amide bonds. The molecule has 0 radical (unpaired) electrons. The van der Waals surface area contributed by atoms with Crippen molar-refractivity contribution in [3.63, 3.8) is 0 Å². The quantitative estimate of drug-likeness (QED) is 0.327. The Labute approximate surface area is 208 Å². The Kier molecular flexibility index (Phi) is 14.1. The molecule has 2 aliphatic carbocycles. The lowest BCUT2D eigenvalue weighted by atomic mass is 9.75. The molecule has 0 spiro atoms. The fraction of sp³-hybridized carbons (Fsp3) is 1.00. The third kappa shape index (κ3) is 13.0. The Bertz CT molecular complexity index is 449. The summed E-state index contributed by atoms with van der Waals surface area (Å²) in [4.78, 5) is 2.56. The average molecular weight is 468 g/mol. The minimum Gasteiger partial charge on any atom is -0.378 e. The normalized spacial score (nSPS) is 27.5. The van der Waals surface area contributed by atoms with Crippen molar-refractivity contribution < 1.29 is 9.47 Å². The molecule has 0 bridgehead atoms. The standard InChI is InChI=1S/C10H21N.2C10H20O/c1-8(2)5-11-6-10(7-11)9(3)4;1-7(2)10-5-9(10)6-11-8(3)4;1-7(2)9-5-10(6-9)11-8(3)4/h8-10H,5-7H2,1-4H3;2*7-10H,5-6H2,1-4H3. The maximum atomic E-state index is 5.67. The molecule has 198 valence electrons. The summed E-state index contributed by atoms with van der Waals surface area (Å²) >= 11 is 0. The van der Waals surface area contributed by atoms with Crippen LogP contribution in [0.4, 0.5) is 0 Å². The van der Waals surface area contributed by atoms with Crippen LogP contribution in [0.2, 0.25) is 0 Å². The second-order valence-corrected chi connectivity index (χ2v) is 13.2. The van der Waals surface area contributed by atoms with Gasteiger partial charge in [0.05, 0.1) is 24.9 Å². The highest BCUT2D eigenvalue weighted by Crippen LogP contribution is 2.44. The van der Waals surface area contributed by atoms with Crippen LogP contribution in [-0.4, -0.2) is 49.5 Å². The van der Waals surface area contributed by atoms with E-state index in [4.69, 9.17) is 9.47 Å². The summed E-state index contributed by atoms with van der Waals surface area (Å²) in [6.45, 7) is 31.9. The van der Waals surface area contributed by atoms with Crippen molar-refractivity contribution in [2.24, 2.45) is 47.3 Å². The van der Waals surface area contributed by atoms with Crippen molar-refractivity contribution in [1.82, 2.24) is 4.90 Å². The second kappa shape index (κ2) is 15.1. The molecule has 3 fully saturated rings. The van der Waals surface area contributed by atoms with Gasteiger partial charge in [0.15, 0.2) is 0 Å². The van der Waals surface area contributed by atoms with Gasteiger partial charge in [-0.3, -0.25) is 0 Å². The highest BCUT2D eigenvalue weighted by Gasteiger charge is 2.39. The Morgan fingerprint density at radius 3 is 1.58 bits per heavy atom. The second-order valence-electron chi connectivity index (χ2n) is 13.2. The topological polar surface area (TPSA) is 21.7 Å². The van der Waals surface area contributed by atoms with Gasteiger partial charge in [0, 0.05) is 19.6 Å². The predicted molar refractivity (Wildman–Crippen MR) is 145 cm³/mol. The number of nitrogens with zero attached hydrogens (tertiary/aromatic N) is 1. The molecule has 1 aliphatic heterocycles. The van der Waals surface area contributed by atoms with Crippen LogP contribution < -0.4 is 0 Å². The van der Waals surface area contributed by atoms with E-state index in [9.17, 15) is 0 Å². The van der Waals surface area contributed by atoms with Gasteiger partial charge >= 0.3 is 0 Å². The van der Waals surface area contributed by atoms with Crippen LogP contribution in [-0.2, 0) is 9.47 Å². The summed E-state index contributed by atoms with van der Waals surface area (Å²) in [5.74, 6) is 7.16. The van der Waals surface area contributed by atoms with E-state index in [1.54, 1.807) is 0 Å². The fourth-order valence-electron chi connectivity index (χ4n) is 4.94. The SMILES string of the molecule is CC(C)CN1CC(C(C)C)C1.CC(C)OC1CC(C(C)C)C1.CC(C)OCC1CC1C(C)C. The number of hydrogen-bond acceptors (Lipinski definition) is 3. The van der Waals surface area contributed by atoms with E-state index in [0.717, 1.165) is 54.0 Å². The van der Waals surface area contributed by atoms with Gasteiger partial charge in [-0.25, -0.2) is 0 Å². The van der Waals surface area contributed by atoms with E-state index in [-0.39, 0.29) is 0 Å². The summed E-state index contributed by atoms with van der Waals surface area (Å²) in [6.07, 6.45) is 5.36. The van der Waals surface area contributed by atoms with Gasteiger partial charge in [0.25, 0.3) is 0 Å². The van der Waals surface area contributed by atoms with E-state index in [1.807, 2.05) is 0 Å². The molecule has 2 unspecified atom stereocenters. The molecule has 3 aliphatic rings. The van der Waals surface area contributed by atoms with Crippen molar-refractivity contribution in [2.75, 3.05) is 26.2 Å². The zero-order valence-electron chi connectivity index (χ0n) is 24.6. The van der Waals surface area contributed by atoms with Crippen LogP contribution in [0.25, 0.3) is 0 Å². The molecule has 1 heterocycles. The van der Waals surface area contributed by atoms with Gasteiger partial charge in [-0.05, 0) is 94.3 Å². The summed E-state index contributed by atoms with van der Waals surface area (Å²) in [5.41, 5.74) is 0. The highest BCUT2D eigenvalue weighted by atomic mass is 16.5. The first-order valence-electron chi connectivity index (χ1n) is 14.3. The van der Waals surface area contributed by atoms with E-state index < -0.39 is 0 Å². The summed E-state index contributed by atoms with van der Waals surface area (Å²) in [6, 6.07) is 0. The Morgan fingerprint density at radius 2 is 1.21 bits per heavy atom. The van der Waals surface area contributed by atoms with Gasteiger partial charge in [0.2, 0.25) is 0 Å². The monoisotopic (exact) mass is 467 g/mol. The smallest absolute Gasteiger partial charge is 0.0584 e. The summed E-state index contributed by atoms with van der Waals surface area (Å²) in [5, 5.41) is 0. The lowest BCUT2D eigenvalue weighted by Crippen LogP contribution is -2.50. The molecule has 1 saturated heterocycles. The Hall–Kier alpha value is -0.120. The van der Waals surface area contributed by atoms with Crippen molar-refractivity contribution in [2.45, 2.75) is 121 Å². The molecule has 0 aromatic carbocycles. The van der Waals surface area contributed by atoms with Crippen molar-refractivity contribution >= 4 is 0 Å². The molecule has 0 aromatic heterocycles. The fourth-order valence-corrected chi connectivity index (χ4v) is 4.94.